The Balaban J connectivity index is 0.000000190. The molecule has 2 aliphatic heterocycles. The Labute approximate surface area is 251 Å². The average molecular weight is 604 g/mol. The molecule has 1 saturated heterocycles. The molecule has 2 aromatic carbocycles. The first-order valence-electron chi connectivity index (χ1n) is 13.9. The maximum atomic E-state index is 12.5. The summed E-state index contributed by atoms with van der Waals surface area (Å²) >= 11 is 11.9. The number of halogens is 2. The van der Waals surface area contributed by atoms with Crippen LogP contribution in [-0.4, -0.2) is 41.3 Å². The predicted molar refractivity (Wildman–Crippen MR) is 165 cm³/mol. The van der Waals surface area contributed by atoms with Gasteiger partial charge in [0.2, 0.25) is 0 Å². The number of benzene rings is 2. The van der Waals surface area contributed by atoms with Gasteiger partial charge in [-0.1, -0.05) is 41.4 Å². The molecule has 10 heteroatoms. The van der Waals surface area contributed by atoms with Crippen molar-refractivity contribution in [1.29, 1.82) is 0 Å². The summed E-state index contributed by atoms with van der Waals surface area (Å²) in [5, 5.41) is 1.35. The zero-order valence-electron chi connectivity index (χ0n) is 24.5. The molecule has 3 aromatic rings. The van der Waals surface area contributed by atoms with E-state index in [9.17, 15) is 14.4 Å². The maximum Gasteiger partial charge on any atom is 0.320 e. The molecule has 0 spiro atoms. The molecule has 0 radical (unpaired) electrons. The molecule has 1 aromatic heterocycles. The van der Waals surface area contributed by atoms with Crippen molar-refractivity contribution in [2.24, 2.45) is 0 Å². The van der Waals surface area contributed by atoms with Crippen molar-refractivity contribution in [2.45, 2.75) is 72.4 Å². The summed E-state index contributed by atoms with van der Waals surface area (Å²) in [5.41, 5.74) is 11.5. The molecular formula is C31H40Cl2N4O4. The van der Waals surface area contributed by atoms with E-state index in [4.69, 9.17) is 23.2 Å². The molecule has 41 heavy (non-hydrogen) atoms. The Hall–Kier alpha value is -2.91. The minimum absolute atomic E-state index is 0.124. The summed E-state index contributed by atoms with van der Waals surface area (Å²) in [6, 6.07) is 10.9. The zero-order chi connectivity index (χ0) is 30.1. The number of ether oxygens (including phenoxy) is 1. The van der Waals surface area contributed by atoms with Crippen LogP contribution in [-0.2, 0) is 27.4 Å². The van der Waals surface area contributed by atoms with Gasteiger partial charge in [-0.25, -0.2) is 4.68 Å². The van der Waals surface area contributed by atoms with Crippen LogP contribution in [0.25, 0.3) is 11.1 Å². The van der Waals surface area contributed by atoms with Crippen molar-refractivity contribution in [1.82, 2.24) is 20.2 Å². The molecule has 0 bridgehead atoms. The summed E-state index contributed by atoms with van der Waals surface area (Å²) in [7, 11) is 1.26. The van der Waals surface area contributed by atoms with Gasteiger partial charge in [-0.05, 0) is 93.8 Å². The first-order chi connectivity index (χ1) is 19.6. The fraction of sp³-hybridized carbons (Fsp3) is 0.452. The summed E-state index contributed by atoms with van der Waals surface area (Å²) in [4.78, 5) is 35.4. The van der Waals surface area contributed by atoms with Crippen LogP contribution in [0.1, 0.15) is 60.9 Å². The molecule has 3 heterocycles. The average Bonchev–Trinajstić information content (AvgIpc) is 3.23. The SMILES string of the molecule is C1CCNNC1.COC(=O)C(C(C)=O)c1ccc(Cl)c(C)c1.Cc1cc(-c2c(C)n3n(c2=O)CCCC3)ccc1Cl. The van der Waals surface area contributed by atoms with Gasteiger partial charge in [0.05, 0.1) is 12.7 Å². The number of Topliss-reactive ketones (excluding diaryl/α,β-unsaturated/α-hetero) is 1. The van der Waals surface area contributed by atoms with Gasteiger partial charge in [0.1, 0.15) is 11.7 Å². The Morgan fingerprint density at radius 2 is 1.41 bits per heavy atom. The molecule has 2 N–H and O–H groups in total. The highest BCUT2D eigenvalue weighted by Crippen LogP contribution is 2.27. The lowest BCUT2D eigenvalue weighted by Crippen LogP contribution is -2.37. The van der Waals surface area contributed by atoms with Gasteiger partial charge in [0, 0.05) is 41.9 Å². The molecule has 0 amide bonds. The number of fused-ring (bicyclic) bond motifs is 1. The number of nitrogens with one attached hydrogen (secondary N) is 2. The summed E-state index contributed by atoms with van der Waals surface area (Å²) in [6.45, 7) is 11.2. The molecule has 1 atom stereocenters. The van der Waals surface area contributed by atoms with Gasteiger partial charge in [-0.15, -0.1) is 0 Å². The Morgan fingerprint density at radius 3 is 1.88 bits per heavy atom. The van der Waals surface area contributed by atoms with E-state index < -0.39 is 11.9 Å². The molecule has 0 saturated carbocycles. The highest BCUT2D eigenvalue weighted by molar-refractivity contribution is 6.31. The highest BCUT2D eigenvalue weighted by Gasteiger charge is 2.26. The third-order valence-electron chi connectivity index (χ3n) is 7.26. The number of aromatic nitrogens is 2. The lowest BCUT2D eigenvalue weighted by atomic mass is 9.94. The lowest BCUT2D eigenvalue weighted by molar-refractivity contribution is -0.145. The summed E-state index contributed by atoms with van der Waals surface area (Å²) in [5.74, 6) is -1.65. The van der Waals surface area contributed by atoms with Crippen LogP contribution >= 0.6 is 23.2 Å². The van der Waals surface area contributed by atoms with Gasteiger partial charge in [0.25, 0.3) is 5.56 Å². The topological polar surface area (TPSA) is 94.4 Å². The fourth-order valence-corrected chi connectivity index (χ4v) is 5.21. The van der Waals surface area contributed by atoms with Crippen molar-refractivity contribution >= 4 is 35.0 Å². The maximum absolute atomic E-state index is 12.5. The van der Waals surface area contributed by atoms with Crippen LogP contribution in [0.5, 0.6) is 0 Å². The quantitative estimate of drug-likeness (QED) is 0.292. The lowest BCUT2D eigenvalue weighted by Gasteiger charge is -2.18. The number of rotatable bonds is 4. The number of hydrogen-bond acceptors (Lipinski definition) is 6. The molecule has 2 aliphatic rings. The van der Waals surface area contributed by atoms with Crippen LogP contribution in [0.15, 0.2) is 41.2 Å². The minimum atomic E-state index is -0.860. The number of aryl methyl sites for hydroxylation is 2. The minimum Gasteiger partial charge on any atom is -0.468 e. The van der Waals surface area contributed by atoms with E-state index in [1.165, 1.54) is 26.9 Å². The van der Waals surface area contributed by atoms with Crippen LogP contribution < -0.4 is 16.4 Å². The largest absolute Gasteiger partial charge is 0.468 e. The van der Waals surface area contributed by atoms with Crippen molar-refractivity contribution < 1.29 is 14.3 Å². The van der Waals surface area contributed by atoms with E-state index in [2.05, 4.69) is 20.3 Å². The molecular weight excluding hydrogens is 563 g/mol. The second-order valence-corrected chi connectivity index (χ2v) is 11.1. The Bertz CT molecular complexity index is 1410. The molecule has 8 nitrogen and oxygen atoms in total. The van der Waals surface area contributed by atoms with Crippen LogP contribution in [0.3, 0.4) is 0 Å². The number of hydrogen-bond donors (Lipinski definition) is 2. The molecule has 1 unspecified atom stereocenters. The van der Waals surface area contributed by atoms with Crippen molar-refractivity contribution in [3.63, 3.8) is 0 Å². The van der Waals surface area contributed by atoms with Crippen molar-refractivity contribution in [3.8, 4) is 11.1 Å². The number of esters is 1. The molecule has 222 valence electrons. The fourth-order valence-electron chi connectivity index (χ4n) is 4.98. The van der Waals surface area contributed by atoms with Gasteiger partial charge < -0.3 is 4.74 Å². The van der Waals surface area contributed by atoms with E-state index >= 15 is 0 Å². The predicted octanol–water partition coefficient (Wildman–Crippen LogP) is 5.75. The standard InChI is InChI=1S/C15H17ClN2O.C12H13ClO3.C4H10N2/c1-10-9-12(5-6-13(10)16)14-11(2)17-7-3-4-8-18(17)15(14)19;1-7-6-9(4-5-10(7)13)11(8(2)14)12(15)16-3;1-2-4-6-5-3-1/h5-6,9H,3-4,7-8H2,1-2H3;4-6,11H,1-3H3;5-6H,1-4H2. The highest BCUT2D eigenvalue weighted by atomic mass is 35.5. The van der Waals surface area contributed by atoms with Gasteiger partial charge in [-0.2, -0.15) is 0 Å². The molecule has 1 fully saturated rings. The van der Waals surface area contributed by atoms with E-state index in [-0.39, 0.29) is 11.3 Å². The summed E-state index contributed by atoms with van der Waals surface area (Å²) < 4.78 is 8.59. The second kappa shape index (κ2) is 15.4. The number of ketones is 1. The number of carbonyl (C=O) groups excluding carboxylic acids is 2. The second-order valence-electron chi connectivity index (χ2n) is 10.3. The van der Waals surface area contributed by atoms with E-state index in [1.54, 1.807) is 18.2 Å². The zero-order valence-corrected chi connectivity index (χ0v) is 26.0. The van der Waals surface area contributed by atoms with Gasteiger partial charge in [-0.3, -0.25) is 29.9 Å². The van der Waals surface area contributed by atoms with Gasteiger partial charge in [0.15, 0.2) is 0 Å². The third-order valence-corrected chi connectivity index (χ3v) is 8.11. The number of nitrogens with zero attached hydrogens (tertiary/aromatic N) is 2. The third kappa shape index (κ3) is 8.32. The Kier molecular flexibility index (Phi) is 12.2. The normalized spacial score (nSPS) is 14.9. The molecule has 0 aliphatic carbocycles. The van der Waals surface area contributed by atoms with Crippen LogP contribution in [0.2, 0.25) is 10.0 Å². The monoisotopic (exact) mass is 602 g/mol. The van der Waals surface area contributed by atoms with Crippen molar-refractivity contribution in [2.75, 3.05) is 20.2 Å². The van der Waals surface area contributed by atoms with Crippen molar-refractivity contribution in [3.05, 3.63) is 79.2 Å². The van der Waals surface area contributed by atoms with E-state index in [0.717, 1.165) is 72.0 Å². The summed E-state index contributed by atoms with van der Waals surface area (Å²) in [6.07, 6.45) is 4.89. The first-order valence-corrected chi connectivity index (χ1v) is 14.7. The van der Waals surface area contributed by atoms with Gasteiger partial charge >= 0.3 is 5.97 Å². The number of carbonyl (C=O) groups is 2. The smallest absolute Gasteiger partial charge is 0.320 e. The van der Waals surface area contributed by atoms with E-state index in [1.807, 2.05) is 43.7 Å². The molecule has 5 rings (SSSR count). The van der Waals surface area contributed by atoms with Crippen LogP contribution in [0.4, 0.5) is 0 Å². The first kappa shape index (κ1) is 32.6. The van der Waals surface area contributed by atoms with Crippen LogP contribution in [0, 0.1) is 20.8 Å². The Morgan fingerprint density at radius 1 is 0.854 bits per heavy atom. The number of hydrazine groups is 1. The van der Waals surface area contributed by atoms with E-state index in [0.29, 0.717) is 10.6 Å². The number of methoxy groups -OCH3 is 1.